The zero-order chi connectivity index (χ0) is 12.5. The molecule has 0 heterocycles. The van der Waals surface area contributed by atoms with Gasteiger partial charge in [0.15, 0.2) is 0 Å². The Morgan fingerprint density at radius 1 is 1.35 bits per heavy atom. The van der Waals surface area contributed by atoms with E-state index in [2.05, 4.69) is 5.32 Å². The number of hydrogen-bond donors (Lipinski definition) is 2. The van der Waals surface area contributed by atoms with Gasteiger partial charge in [0.25, 0.3) is 0 Å². The monoisotopic (exact) mass is 241 g/mol. The molecule has 0 radical (unpaired) electrons. The molecule has 0 aliphatic rings. The molecule has 17 heavy (non-hydrogen) atoms. The van der Waals surface area contributed by atoms with Crippen molar-refractivity contribution in [3.63, 3.8) is 0 Å². The van der Waals surface area contributed by atoms with Crippen molar-refractivity contribution < 1.29 is 14.2 Å². The summed E-state index contributed by atoms with van der Waals surface area (Å²) in [6.07, 6.45) is 0.352. The van der Waals surface area contributed by atoms with Gasteiger partial charge in [0, 0.05) is 13.2 Å². The molecule has 96 valence electrons. The standard InChI is InChI=1S/C13H20FNO2/c1-2-17-10-13(16)9-15-8-7-11-3-5-12(14)6-4-11/h3-6,13,15-16H,2,7-10H2,1H3. The summed E-state index contributed by atoms with van der Waals surface area (Å²) < 4.78 is 17.7. The maximum Gasteiger partial charge on any atom is 0.123 e. The van der Waals surface area contributed by atoms with Crippen LogP contribution in [0.2, 0.25) is 0 Å². The Morgan fingerprint density at radius 2 is 2.06 bits per heavy atom. The average Bonchev–Trinajstić information content (AvgIpc) is 2.34. The molecule has 4 heteroatoms. The van der Waals surface area contributed by atoms with Gasteiger partial charge in [0.1, 0.15) is 5.82 Å². The molecule has 3 nitrogen and oxygen atoms in total. The van der Waals surface area contributed by atoms with Crippen molar-refractivity contribution in [3.05, 3.63) is 35.6 Å². The molecular weight excluding hydrogens is 221 g/mol. The van der Waals surface area contributed by atoms with Crippen molar-refractivity contribution in [1.29, 1.82) is 0 Å². The highest BCUT2D eigenvalue weighted by Gasteiger charge is 2.02. The Hall–Kier alpha value is -0.970. The lowest BCUT2D eigenvalue weighted by molar-refractivity contribution is 0.0430. The summed E-state index contributed by atoms with van der Waals surface area (Å²) in [5, 5.41) is 12.6. The van der Waals surface area contributed by atoms with Crippen molar-refractivity contribution in [1.82, 2.24) is 5.32 Å². The molecule has 0 bridgehead atoms. The smallest absolute Gasteiger partial charge is 0.123 e. The SMILES string of the molecule is CCOCC(O)CNCCc1ccc(F)cc1. The molecule has 2 N–H and O–H groups in total. The molecule has 1 rings (SSSR count). The third-order valence-corrected chi connectivity index (χ3v) is 2.40. The zero-order valence-corrected chi connectivity index (χ0v) is 10.2. The summed E-state index contributed by atoms with van der Waals surface area (Å²) in [4.78, 5) is 0. The van der Waals surface area contributed by atoms with E-state index < -0.39 is 6.10 Å². The molecular formula is C13H20FNO2. The maximum absolute atomic E-state index is 12.6. The van der Waals surface area contributed by atoms with Crippen LogP contribution in [0.4, 0.5) is 4.39 Å². The zero-order valence-electron chi connectivity index (χ0n) is 10.2. The largest absolute Gasteiger partial charge is 0.389 e. The first-order valence-electron chi connectivity index (χ1n) is 5.93. The van der Waals surface area contributed by atoms with Crippen LogP contribution in [0.15, 0.2) is 24.3 Å². The summed E-state index contributed by atoms with van der Waals surface area (Å²) in [6.45, 7) is 4.15. The predicted molar refractivity (Wildman–Crippen MR) is 65.5 cm³/mol. The summed E-state index contributed by atoms with van der Waals surface area (Å²) >= 11 is 0. The number of halogens is 1. The molecule has 0 aliphatic carbocycles. The van der Waals surface area contributed by atoms with E-state index in [1.54, 1.807) is 12.1 Å². The van der Waals surface area contributed by atoms with Crippen molar-refractivity contribution >= 4 is 0 Å². The Kier molecular flexibility index (Phi) is 6.77. The minimum Gasteiger partial charge on any atom is -0.389 e. The van der Waals surface area contributed by atoms with Crippen LogP contribution in [0, 0.1) is 5.82 Å². The molecule has 1 unspecified atom stereocenters. The highest BCUT2D eigenvalue weighted by Crippen LogP contribution is 2.02. The van der Waals surface area contributed by atoms with Gasteiger partial charge in [-0.15, -0.1) is 0 Å². The van der Waals surface area contributed by atoms with Crippen LogP contribution in [0.25, 0.3) is 0 Å². The number of aliphatic hydroxyl groups excluding tert-OH is 1. The van der Waals surface area contributed by atoms with E-state index in [-0.39, 0.29) is 5.82 Å². The van der Waals surface area contributed by atoms with Gasteiger partial charge in [-0.25, -0.2) is 4.39 Å². The molecule has 1 aromatic rings. The van der Waals surface area contributed by atoms with Gasteiger partial charge < -0.3 is 15.2 Å². The lowest BCUT2D eigenvalue weighted by Crippen LogP contribution is -2.31. The Labute approximate surface area is 102 Å². The van der Waals surface area contributed by atoms with Crippen LogP contribution in [0.3, 0.4) is 0 Å². The molecule has 0 aliphatic heterocycles. The highest BCUT2D eigenvalue weighted by molar-refractivity contribution is 5.16. The van der Waals surface area contributed by atoms with Gasteiger partial charge >= 0.3 is 0 Å². The Morgan fingerprint density at radius 3 is 2.71 bits per heavy atom. The van der Waals surface area contributed by atoms with E-state index in [1.165, 1.54) is 12.1 Å². The van der Waals surface area contributed by atoms with Gasteiger partial charge in [-0.2, -0.15) is 0 Å². The third-order valence-electron chi connectivity index (χ3n) is 2.40. The number of rotatable bonds is 8. The predicted octanol–water partition coefficient (Wildman–Crippen LogP) is 1.36. The number of ether oxygens (including phenoxy) is 1. The molecule has 1 atom stereocenters. The third kappa shape index (κ3) is 6.36. The van der Waals surface area contributed by atoms with E-state index in [4.69, 9.17) is 4.74 Å². The van der Waals surface area contributed by atoms with E-state index in [1.807, 2.05) is 6.92 Å². The lowest BCUT2D eigenvalue weighted by atomic mass is 10.1. The minimum atomic E-state index is -0.469. The topological polar surface area (TPSA) is 41.5 Å². The van der Waals surface area contributed by atoms with E-state index in [0.717, 1.165) is 18.5 Å². The Bertz CT molecular complexity index is 303. The van der Waals surface area contributed by atoms with Crippen LogP contribution < -0.4 is 5.32 Å². The fourth-order valence-corrected chi connectivity index (χ4v) is 1.47. The summed E-state index contributed by atoms with van der Waals surface area (Å²) in [5.74, 6) is -0.214. The molecule has 0 saturated carbocycles. The summed E-state index contributed by atoms with van der Waals surface area (Å²) in [7, 11) is 0. The van der Waals surface area contributed by atoms with Gasteiger partial charge in [0.2, 0.25) is 0 Å². The molecule has 0 aromatic heterocycles. The molecule has 0 fully saturated rings. The quantitative estimate of drug-likeness (QED) is 0.675. The van der Waals surface area contributed by atoms with Gasteiger partial charge in [-0.3, -0.25) is 0 Å². The second-order valence-corrected chi connectivity index (χ2v) is 3.89. The number of nitrogens with one attached hydrogen (secondary N) is 1. The maximum atomic E-state index is 12.6. The van der Waals surface area contributed by atoms with Gasteiger partial charge in [-0.1, -0.05) is 12.1 Å². The van der Waals surface area contributed by atoms with E-state index in [0.29, 0.717) is 19.8 Å². The molecule has 0 amide bonds. The summed E-state index contributed by atoms with van der Waals surface area (Å²) in [6, 6.07) is 6.46. The average molecular weight is 241 g/mol. The molecule has 0 saturated heterocycles. The molecule has 1 aromatic carbocycles. The van der Waals surface area contributed by atoms with Crippen LogP contribution >= 0.6 is 0 Å². The first-order valence-corrected chi connectivity index (χ1v) is 5.93. The van der Waals surface area contributed by atoms with E-state index >= 15 is 0 Å². The van der Waals surface area contributed by atoms with Crippen LogP contribution in [-0.4, -0.2) is 37.5 Å². The van der Waals surface area contributed by atoms with Crippen molar-refractivity contribution in [2.45, 2.75) is 19.4 Å². The second-order valence-electron chi connectivity index (χ2n) is 3.89. The van der Waals surface area contributed by atoms with Gasteiger partial charge in [-0.05, 0) is 37.6 Å². The number of aliphatic hydroxyl groups is 1. The molecule has 0 spiro atoms. The van der Waals surface area contributed by atoms with Crippen molar-refractivity contribution in [3.8, 4) is 0 Å². The number of benzene rings is 1. The summed E-state index contributed by atoms with van der Waals surface area (Å²) in [5.41, 5.74) is 1.08. The minimum absolute atomic E-state index is 0.214. The van der Waals surface area contributed by atoms with E-state index in [9.17, 15) is 9.50 Å². The van der Waals surface area contributed by atoms with Crippen LogP contribution in [0.5, 0.6) is 0 Å². The fourth-order valence-electron chi connectivity index (χ4n) is 1.47. The van der Waals surface area contributed by atoms with Gasteiger partial charge in [0.05, 0.1) is 12.7 Å². The number of hydrogen-bond acceptors (Lipinski definition) is 3. The first kappa shape index (κ1) is 14.1. The first-order chi connectivity index (χ1) is 8.22. The Balaban J connectivity index is 2.09. The van der Waals surface area contributed by atoms with Crippen LogP contribution in [-0.2, 0) is 11.2 Å². The van der Waals surface area contributed by atoms with Crippen LogP contribution in [0.1, 0.15) is 12.5 Å². The fraction of sp³-hybridized carbons (Fsp3) is 0.538. The van der Waals surface area contributed by atoms with Crippen molar-refractivity contribution in [2.75, 3.05) is 26.3 Å². The van der Waals surface area contributed by atoms with Crippen molar-refractivity contribution in [2.24, 2.45) is 0 Å². The normalized spacial score (nSPS) is 12.6. The lowest BCUT2D eigenvalue weighted by Gasteiger charge is -2.11. The second kappa shape index (κ2) is 8.17. The highest BCUT2D eigenvalue weighted by atomic mass is 19.1.